The molecule has 2 unspecified atom stereocenters. The smallest absolute Gasteiger partial charge is 0.156 e. The van der Waals surface area contributed by atoms with Crippen molar-refractivity contribution >= 4 is 5.82 Å². The number of hydrogen-bond donors (Lipinski definition) is 2. The molecule has 2 rings (SSSR count). The van der Waals surface area contributed by atoms with Crippen molar-refractivity contribution in [3.8, 4) is 0 Å². The Bertz CT molecular complexity index is 374. The van der Waals surface area contributed by atoms with E-state index in [9.17, 15) is 0 Å². The number of ether oxygens (including phenoxy) is 1. The topological polar surface area (TPSA) is 84.5 Å². The van der Waals surface area contributed by atoms with Crippen LogP contribution in [0.25, 0.3) is 0 Å². The molecule has 1 aliphatic rings. The average Bonchev–Trinajstić information content (AvgIpc) is 2.39. The molecule has 0 saturated carbocycles. The highest BCUT2D eigenvalue weighted by molar-refractivity contribution is 5.47. The first-order valence-corrected chi connectivity index (χ1v) is 5.76. The molecule has 0 radical (unpaired) electrons. The highest BCUT2D eigenvalue weighted by Gasteiger charge is 2.28. The highest BCUT2D eigenvalue weighted by Crippen LogP contribution is 2.22. The Morgan fingerprint density at radius 3 is 3.18 bits per heavy atom. The van der Waals surface area contributed by atoms with Crippen LogP contribution < -0.4 is 10.6 Å². The third-order valence-corrected chi connectivity index (χ3v) is 2.98. The second-order valence-corrected chi connectivity index (χ2v) is 4.22. The molecule has 6 nitrogen and oxygen atoms in total. The molecule has 6 heteroatoms. The lowest BCUT2D eigenvalue weighted by molar-refractivity contribution is -0.0106. The first-order valence-electron chi connectivity index (χ1n) is 5.76. The van der Waals surface area contributed by atoms with Crippen molar-refractivity contribution in [3.63, 3.8) is 0 Å². The van der Waals surface area contributed by atoms with Crippen LogP contribution in [0.15, 0.2) is 12.3 Å². The Hall–Kier alpha value is -1.24. The third kappa shape index (κ3) is 2.54. The number of anilines is 1. The Morgan fingerprint density at radius 1 is 1.65 bits per heavy atom. The number of aliphatic hydroxyl groups excluding tert-OH is 1. The predicted molar refractivity (Wildman–Crippen MR) is 63.6 cm³/mol. The molecule has 2 heterocycles. The molecule has 1 aromatic heterocycles. The summed E-state index contributed by atoms with van der Waals surface area (Å²) in [4.78, 5) is 2.10. The molecule has 1 saturated heterocycles. The maximum Gasteiger partial charge on any atom is 0.156 e. The summed E-state index contributed by atoms with van der Waals surface area (Å²) in [5.74, 6) is 0.796. The van der Waals surface area contributed by atoms with Gasteiger partial charge in [-0.2, -0.15) is 5.10 Å². The number of nitrogens with two attached hydrogens (primary N) is 1. The fourth-order valence-corrected chi connectivity index (χ4v) is 1.97. The van der Waals surface area contributed by atoms with Crippen LogP contribution in [0.2, 0.25) is 0 Å². The van der Waals surface area contributed by atoms with Crippen molar-refractivity contribution in [3.05, 3.63) is 17.8 Å². The molecule has 1 aromatic rings. The molecule has 0 amide bonds. The minimum atomic E-state index is -0.168. The maximum absolute atomic E-state index is 9.16. The molecular formula is C11H18N4O2. The summed E-state index contributed by atoms with van der Waals surface area (Å²) in [7, 11) is 0. The number of nitrogens with zero attached hydrogens (tertiary/aromatic N) is 3. The summed E-state index contributed by atoms with van der Waals surface area (Å²) in [5.41, 5.74) is 6.66. The lowest BCUT2D eigenvalue weighted by Crippen LogP contribution is -2.50. The van der Waals surface area contributed by atoms with Crippen molar-refractivity contribution < 1.29 is 9.84 Å². The second kappa shape index (κ2) is 5.39. The van der Waals surface area contributed by atoms with Gasteiger partial charge in [-0.25, -0.2) is 0 Å². The molecule has 0 spiro atoms. The molecule has 2 atom stereocenters. The normalized spacial score (nSPS) is 25.0. The average molecular weight is 238 g/mol. The van der Waals surface area contributed by atoms with E-state index in [0.717, 1.165) is 11.4 Å². The van der Waals surface area contributed by atoms with E-state index in [4.69, 9.17) is 15.6 Å². The zero-order chi connectivity index (χ0) is 12.3. The monoisotopic (exact) mass is 238 g/mol. The lowest BCUT2D eigenvalue weighted by Gasteiger charge is -2.38. The molecule has 1 aliphatic heterocycles. The van der Waals surface area contributed by atoms with E-state index < -0.39 is 0 Å². The van der Waals surface area contributed by atoms with Gasteiger partial charge in [0.05, 0.1) is 31.6 Å². The van der Waals surface area contributed by atoms with Gasteiger partial charge in [0, 0.05) is 18.7 Å². The zero-order valence-corrected chi connectivity index (χ0v) is 9.91. The van der Waals surface area contributed by atoms with Crippen LogP contribution in [-0.4, -0.2) is 47.2 Å². The van der Waals surface area contributed by atoms with Crippen LogP contribution in [0.5, 0.6) is 0 Å². The molecular weight excluding hydrogens is 220 g/mol. The highest BCUT2D eigenvalue weighted by atomic mass is 16.5. The number of morpholine rings is 1. The Labute approximate surface area is 100 Å². The van der Waals surface area contributed by atoms with Crippen LogP contribution in [-0.2, 0) is 11.3 Å². The van der Waals surface area contributed by atoms with Crippen LogP contribution >= 0.6 is 0 Å². The van der Waals surface area contributed by atoms with Gasteiger partial charge in [-0.3, -0.25) is 0 Å². The SMILES string of the molecule is CC1COC(CO)CN1c1nnccc1CN. The molecule has 94 valence electrons. The van der Waals surface area contributed by atoms with E-state index in [1.165, 1.54) is 0 Å². The summed E-state index contributed by atoms with van der Waals surface area (Å²) >= 11 is 0. The van der Waals surface area contributed by atoms with Gasteiger partial charge in [-0.05, 0) is 13.0 Å². The van der Waals surface area contributed by atoms with Gasteiger partial charge in [-0.1, -0.05) is 0 Å². The number of aliphatic hydroxyl groups is 1. The fraction of sp³-hybridized carbons (Fsp3) is 0.636. The first kappa shape index (κ1) is 12.2. The van der Waals surface area contributed by atoms with Gasteiger partial charge in [0.1, 0.15) is 0 Å². The zero-order valence-electron chi connectivity index (χ0n) is 9.91. The lowest BCUT2D eigenvalue weighted by atomic mass is 10.1. The summed E-state index contributed by atoms with van der Waals surface area (Å²) in [5, 5.41) is 17.2. The summed E-state index contributed by atoms with van der Waals surface area (Å²) in [6.07, 6.45) is 1.47. The van der Waals surface area contributed by atoms with Crippen molar-refractivity contribution in [1.82, 2.24) is 10.2 Å². The Kier molecular flexibility index (Phi) is 3.88. The molecule has 0 aromatic carbocycles. The number of rotatable bonds is 3. The van der Waals surface area contributed by atoms with Gasteiger partial charge in [-0.15, -0.1) is 5.10 Å². The molecule has 0 aliphatic carbocycles. The van der Waals surface area contributed by atoms with Crippen molar-refractivity contribution in [2.75, 3.05) is 24.7 Å². The van der Waals surface area contributed by atoms with Crippen LogP contribution in [0.1, 0.15) is 12.5 Å². The molecule has 0 bridgehead atoms. The summed E-state index contributed by atoms with van der Waals surface area (Å²) < 4.78 is 5.49. The van der Waals surface area contributed by atoms with Crippen LogP contribution in [0.3, 0.4) is 0 Å². The fourth-order valence-electron chi connectivity index (χ4n) is 1.97. The quantitative estimate of drug-likeness (QED) is 0.740. The predicted octanol–water partition coefficient (Wildman–Crippen LogP) is -0.479. The number of aromatic nitrogens is 2. The van der Waals surface area contributed by atoms with E-state index in [1.807, 2.05) is 6.07 Å². The van der Waals surface area contributed by atoms with Crippen molar-refractivity contribution in [1.29, 1.82) is 0 Å². The van der Waals surface area contributed by atoms with E-state index in [0.29, 0.717) is 19.7 Å². The van der Waals surface area contributed by atoms with Gasteiger partial charge in [0.15, 0.2) is 5.82 Å². The van der Waals surface area contributed by atoms with Gasteiger partial charge >= 0.3 is 0 Å². The minimum absolute atomic E-state index is 0.0153. The third-order valence-electron chi connectivity index (χ3n) is 2.98. The van der Waals surface area contributed by atoms with E-state index >= 15 is 0 Å². The summed E-state index contributed by atoms with van der Waals surface area (Å²) in [6, 6.07) is 2.08. The summed E-state index contributed by atoms with van der Waals surface area (Å²) in [6.45, 7) is 3.69. The number of hydrogen-bond acceptors (Lipinski definition) is 6. The maximum atomic E-state index is 9.16. The van der Waals surface area contributed by atoms with E-state index in [1.54, 1.807) is 6.20 Å². The van der Waals surface area contributed by atoms with Crippen LogP contribution in [0.4, 0.5) is 5.82 Å². The van der Waals surface area contributed by atoms with Gasteiger partial charge in [0.2, 0.25) is 0 Å². The second-order valence-electron chi connectivity index (χ2n) is 4.22. The van der Waals surface area contributed by atoms with Crippen molar-refractivity contribution in [2.24, 2.45) is 5.73 Å². The standard InChI is InChI=1S/C11H18N4O2/c1-8-7-17-10(6-16)5-15(8)11-9(4-12)2-3-13-14-11/h2-3,8,10,16H,4-7,12H2,1H3. The Balaban J connectivity index is 2.24. The minimum Gasteiger partial charge on any atom is -0.394 e. The van der Waals surface area contributed by atoms with Gasteiger partial charge < -0.3 is 20.5 Å². The first-order chi connectivity index (χ1) is 8.26. The molecule has 17 heavy (non-hydrogen) atoms. The Morgan fingerprint density at radius 2 is 2.47 bits per heavy atom. The van der Waals surface area contributed by atoms with Crippen LogP contribution in [0, 0.1) is 0 Å². The molecule has 3 N–H and O–H groups in total. The van der Waals surface area contributed by atoms with E-state index in [2.05, 4.69) is 22.0 Å². The van der Waals surface area contributed by atoms with Crippen molar-refractivity contribution in [2.45, 2.75) is 25.6 Å². The van der Waals surface area contributed by atoms with Gasteiger partial charge in [0.25, 0.3) is 0 Å². The molecule has 1 fully saturated rings. The largest absolute Gasteiger partial charge is 0.394 e. The van der Waals surface area contributed by atoms with E-state index in [-0.39, 0.29) is 18.8 Å².